The van der Waals surface area contributed by atoms with Gasteiger partial charge in [-0.25, -0.2) is 0 Å². The number of nitrogens with zero attached hydrogens (tertiary/aromatic N) is 1. The molecule has 0 aliphatic carbocycles. The van der Waals surface area contributed by atoms with Crippen LogP contribution in [0.1, 0.15) is 15.4 Å². The second kappa shape index (κ2) is 5.35. The van der Waals surface area contributed by atoms with E-state index in [1.165, 1.54) is 11.3 Å². The number of hydrogen-bond donors (Lipinski definition) is 0. The Morgan fingerprint density at radius 2 is 2.05 bits per heavy atom. The van der Waals surface area contributed by atoms with Crippen molar-refractivity contribution in [3.05, 3.63) is 55.8 Å². The fraction of sp³-hybridized carbons (Fsp3) is 0.133. The predicted molar refractivity (Wildman–Crippen MR) is 88.0 cm³/mol. The third-order valence-corrected chi connectivity index (χ3v) is 5.58. The van der Waals surface area contributed by atoms with Crippen molar-refractivity contribution in [2.24, 2.45) is 0 Å². The number of carbonyl (C=O) groups is 1. The standard InChI is InChI=1S/C15H11BrClNOS/c1-9-15(16)10-4-2-3-5-11(10)18(9)8-12(19)13-6-7-14(17)20-13/h2-7H,8H2,1H3. The van der Waals surface area contributed by atoms with Gasteiger partial charge in [-0.2, -0.15) is 0 Å². The molecule has 0 atom stereocenters. The van der Waals surface area contributed by atoms with Gasteiger partial charge in [-0.3, -0.25) is 4.79 Å². The number of ketones is 1. The van der Waals surface area contributed by atoms with Crippen molar-refractivity contribution in [2.45, 2.75) is 13.5 Å². The highest BCUT2D eigenvalue weighted by molar-refractivity contribution is 9.10. The summed E-state index contributed by atoms with van der Waals surface area (Å²) in [4.78, 5) is 13.0. The van der Waals surface area contributed by atoms with E-state index in [-0.39, 0.29) is 5.78 Å². The minimum atomic E-state index is 0.0817. The second-order valence-corrected chi connectivity index (χ2v) is 7.04. The predicted octanol–water partition coefficient (Wildman–Crippen LogP) is 5.31. The molecular formula is C15H11BrClNOS. The molecule has 0 saturated heterocycles. The first-order valence-electron chi connectivity index (χ1n) is 6.10. The van der Waals surface area contributed by atoms with E-state index in [0.29, 0.717) is 15.8 Å². The van der Waals surface area contributed by atoms with Gasteiger partial charge in [-0.15, -0.1) is 11.3 Å². The van der Waals surface area contributed by atoms with E-state index in [4.69, 9.17) is 11.6 Å². The van der Waals surface area contributed by atoms with Crippen molar-refractivity contribution in [3.8, 4) is 0 Å². The SMILES string of the molecule is Cc1c(Br)c2ccccc2n1CC(=O)c1ccc(Cl)s1. The van der Waals surface area contributed by atoms with Gasteiger partial charge in [0.25, 0.3) is 0 Å². The van der Waals surface area contributed by atoms with E-state index in [0.717, 1.165) is 21.1 Å². The smallest absolute Gasteiger partial charge is 0.192 e. The zero-order valence-electron chi connectivity index (χ0n) is 10.7. The first-order valence-corrected chi connectivity index (χ1v) is 8.08. The van der Waals surface area contributed by atoms with Crippen LogP contribution in [0.15, 0.2) is 40.9 Å². The van der Waals surface area contributed by atoms with Gasteiger partial charge in [0, 0.05) is 21.1 Å². The van der Waals surface area contributed by atoms with Crippen molar-refractivity contribution in [1.82, 2.24) is 4.57 Å². The number of rotatable bonds is 3. The van der Waals surface area contributed by atoms with E-state index >= 15 is 0 Å². The molecule has 3 rings (SSSR count). The van der Waals surface area contributed by atoms with Gasteiger partial charge in [0.1, 0.15) is 0 Å². The lowest BCUT2D eigenvalue weighted by Gasteiger charge is -2.06. The second-order valence-electron chi connectivity index (χ2n) is 4.53. The van der Waals surface area contributed by atoms with Crippen LogP contribution in [0.2, 0.25) is 4.34 Å². The molecule has 0 aliphatic heterocycles. The molecule has 2 heterocycles. The molecule has 0 bridgehead atoms. The maximum Gasteiger partial charge on any atom is 0.192 e. The van der Waals surface area contributed by atoms with Crippen molar-refractivity contribution in [2.75, 3.05) is 0 Å². The van der Waals surface area contributed by atoms with Gasteiger partial charge in [0.05, 0.1) is 15.8 Å². The Labute approximate surface area is 134 Å². The van der Waals surface area contributed by atoms with Gasteiger partial charge < -0.3 is 4.57 Å². The van der Waals surface area contributed by atoms with Crippen LogP contribution in [-0.2, 0) is 6.54 Å². The number of para-hydroxylation sites is 1. The summed E-state index contributed by atoms with van der Waals surface area (Å²) in [7, 11) is 0. The minimum Gasteiger partial charge on any atom is -0.336 e. The Morgan fingerprint density at radius 1 is 1.30 bits per heavy atom. The third kappa shape index (κ3) is 2.32. The Kier molecular flexibility index (Phi) is 3.71. The number of hydrogen-bond acceptors (Lipinski definition) is 2. The monoisotopic (exact) mass is 367 g/mol. The van der Waals surface area contributed by atoms with Crippen LogP contribution in [0.3, 0.4) is 0 Å². The maximum atomic E-state index is 12.3. The molecule has 20 heavy (non-hydrogen) atoms. The summed E-state index contributed by atoms with van der Waals surface area (Å²) in [5.41, 5.74) is 2.12. The van der Waals surface area contributed by atoms with Gasteiger partial charge in [0.2, 0.25) is 0 Å². The summed E-state index contributed by atoms with van der Waals surface area (Å²) in [6, 6.07) is 11.6. The minimum absolute atomic E-state index is 0.0817. The highest BCUT2D eigenvalue weighted by Crippen LogP contribution is 2.31. The van der Waals surface area contributed by atoms with E-state index < -0.39 is 0 Å². The summed E-state index contributed by atoms with van der Waals surface area (Å²) < 4.78 is 3.73. The van der Waals surface area contributed by atoms with Crippen LogP contribution in [0, 0.1) is 6.92 Å². The summed E-state index contributed by atoms with van der Waals surface area (Å²) >= 11 is 10.8. The average molecular weight is 369 g/mol. The van der Waals surface area contributed by atoms with Crippen LogP contribution in [0.25, 0.3) is 10.9 Å². The highest BCUT2D eigenvalue weighted by atomic mass is 79.9. The molecule has 0 aliphatic rings. The summed E-state index contributed by atoms with van der Waals surface area (Å²) in [6.45, 7) is 2.34. The summed E-state index contributed by atoms with van der Waals surface area (Å²) in [5.74, 6) is 0.0817. The van der Waals surface area contributed by atoms with Gasteiger partial charge in [0.15, 0.2) is 5.78 Å². The van der Waals surface area contributed by atoms with Gasteiger partial charge >= 0.3 is 0 Å². The molecule has 0 N–H and O–H groups in total. The number of benzene rings is 1. The zero-order valence-corrected chi connectivity index (χ0v) is 13.8. The Bertz CT molecular complexity index is 805. The fourth-order valence-electron chi connectivity index (χ4n) is 2.28. The molecule has 0 spiro atoms. The Balaban J connectivity index is 2.03. The molecule has 2 nitrogen and oxygen atoms in total. The first kappa shape index (κ1) is 13.9. The third-order valence-electron chi connectivity index (χ3n) is 3.30. The lowest BCUT2D eigenvalue weighted by Crippen LogP contribution is -2.10. The van der Waals surface area contributed by atoms with E-state index in [2.05, 4.69) is 22.0 Å². The number of Topliss-reactive ketones (excluding diaryl/α,β-unsaturated/α-hetero) is 1. The molecule has 0 fully saturated rings. The maximum absolute atomic E-state index is 12.3. The van der Waals surface area contributed by atoms with Crippen LogP contribution in [0.5, 0.6) is 0 Å². The highest BCUT2D eigenvalue weighted by Gasteiger charge is 2.16. The Morgan fingerprint density at radius 3 is 2.75 bits per heavy atom. The molecule has 0 radical (unpaired) electrons. The average Bonchev–Trinajstić information content (AvgIpc) is 2.98. The normalized spacial score (nSPS) is 11.2. The fourth-order valence-corrected chi connectivity index (χ4v) is 3.80. The van der Waals surface area contributed by atoms with Crippen molar-refractivity contribution in [3.63, 3.8) is 0 Å². The van der Waals surface area contributed by atoms with Crippen molar-refractivity contribution in [1.29, 1.82) is 0 Å². The summed E-state index contributed by atoms with van der Waals surface area (Å²) in [6.07, 6.45) is 0. The quantitative estimate of drug-likeness (QED) is 0.574. The molecule has 0 amide bonds. The van der Waals surface area contributed by atoms with Gasteiger partial charge in [-0.05, 0) is 41.1 Å². The molecule has 2 aromatic heterocycles. The van der Waals surface area contributed by atoms with Gasteiger partial charge in [-0.1, -0.05) is 29.8 Å². The molecule has 0 saturated carbocycles. The van der Waals surface area contributed by atoms with Crippen LogP contribution < -0.4 is 0 Å². The topological polar surface area (TPSA) is 22.0 Å². The van der Waals surface area contributed by atoms with E-state index in [1.54, 1.807) is 12.1 Å². The molecule has 5 heteroatoms. The molecular weight excluding hydrogens is 358 g/mol. The molecule has 0 unspecified atom stereocenters. The van der Waals surface area contributed by atoms with E-state index in [9.17, 15) is 4.79 Å². The lowest BCUT2D eigenvalue weighted by atomic mass is 10.2. The van der Waals surface area contributed by atoms with Crippen molar-refractivity contribution >= 4 is 55.6 Å². The molecule has 3 aromatic rings. The zero-order chi connectivity index (χ0) is 14.3. The number of aromatic nitrogens is 1. The number of carbonyl (C=O) groups excluding carboxylic acids is 1. The number of halogens is 2. The van der Waals surface area contributed by atoms with E-state index in [1.807, 2.05) is 29.7 Å². The first-order chi connectivity index (χ1) is 9.58. The van der Waals surface area contributed by atoms with Crippen molar-refractivity contribution < 1.29 is 4.79 Å². The molecule has 102 valence electrons. The van der Waals surface area contributed by atoms with Crippen LogP contribution in [-0.4, -0.2) is 10.4 Å². The van der Waals surface area contributed by atoms with Crippen LogP contribution in [0.4, 0.5) is 0 Å². The largest absolute Gasteiger partial charge is 0.336 e. The number of thiophene rings is 1. The number of fused-ring (bicyclic) bond motifs is 1. The van der Waals surface area contributed by atoms with Crippen LogP contribution >= 0.6 is 38.9 Å². The summed E-state index contributed by atoms with van der Waals surface area (Å²) in [5, 5.41) is 1.13. The lowest BCUT2D eigenvalue weighted by molar-refractivity contribution is 0.0977. The Hall–Kier alpha value is -1.10. The molecule has 1 aromatic carbocycles.